The SMILES string of the molecule is CC/C=C\C/C=C\C/C=C\CCCCCCCCCC(=O)OCC(O)COP(=O)(O)OCC(O)COP(=O)(O)OCC(COC(=O)CCCCCCC/C=C\CCCCCCCC)OC(=O)CCCCCCCCCCCCCCC. The van der Waals surface area contributed by atoms with Crippen molar-refractivity contribution in [2.45, 2.75) is 296 Å². The molecule has 474 valence electrons. The van der Waals surface area contributed by atoms with E-state index in [9.17, 15) is 43.5 Å². The van der Waals surface area contributed by atoms with Crippen LogP contribution >= 0.6 is 15.6 Å². The molecule has 5 atom stereocenters. The van der Waals surface area contributed by atoms with Gasteiger partial charge in [-0.05, 0) is 77.0 Å². The molecule has 0 fully saturated rings. The monoisotopic (exact) mass is 1190 g/mol. The van der Waals surface area contributed by atoms with Gasteiger partial charge in [0.25, 0.3) is 0 Å². The van der Waals surface area contributed by atoms with E-state index >= 15 is 0 Å². The van der Waals surface area contributed by atoms with Crippen molar-refractivity contribution in [3.8, 4) is 0 Å². The summed E-state index contributed by atoms with van der Waals surface area (Å²) in [7, 11) is -9.75. The number of phosphoric acid groups is 2. The van der Waals surface area contributed by atoms with Crippen molar-refractivity contribution in [1.82, 2.24) is 0 Å². The molecule has 18 heteroatoms. The highest BCUT2D eigenvalue weighted by Gasteiger charge is 2.29. The second-order valence-electron chi connectivity index (χ2n) is 21.5. The average Bonchev–Trinajstić information content (AvgIpc) is 3.44. The molecule has 0 saturated heterocycles. The van der Waals surface area contributed by atoms with E-state index in [-0.39, 0.29) is 19.3 Å². The van der Waals surface area contributed by atoms with Crippen LogP contribution in [-0.4, -0.2) is 95.9 Å². The molecule has 5 unspecified atom stereocenters. The molecule has 0 radical (unpaired) electrons. The van der Waals surface area contributed by atoms with Crippen LogP contribution in [-0.2, 0) is 55.8 Å². The lowest BCUT2D eigenvalue weighted by atomic mass is 10.0. The number of rotatable bonds is 61. The number of aliphatic hydroxyl groups is 2. The van der Waals surface area contributed by atoms with Crippen LogP contribution in [0.3, 0.4) is 0 Å². The van der Waals surface area contributed by atoms with Crippen molar-refractivity contribution < 1.29 is 75.8 Å². The average molecular weight is 1190 g/mol. The van der Waals surface area contributed by atoms with E-state index in [2.05, 4.69) is 69.4 Å². The first-order valence-corrected chi connectivity index (χ1v) is 34.9. The topological polar surface area (TPSA) is 231 Å². The molecule has 81 heavy (non-hydrogen) atoms. The zero-order valence-electron chi connectivity index (χ0n) is 51.0. The van der Waals surface area contributed by atoms with Crippen LogP contribution in [0, 0.1) is 0 Å². The van der Waals surface area contributed by atoms with Crippen molar-refractivity contribution in [3.63, 3.8) is 0 Å². The largest absolute Gasteiger partial charge is 0.472 e. The van der Waals surface area contributed by atoms with Crippen LogP contribution < -0.4 is 0 Å². The quantitative estimate of drug-likeness (QED) is 0.0146. The summed E-state index contributed by atoms with van der Waals surface area (Å²) in [5.74, 6) is -1.58. The van der Waals surface area contributed by atoms with Gasteiger partial charge in [-0.15, -0.1) is 0 Å². The van der Waals surface area contributed by atoms with Crippen molar-refractivity contribution in [2.75, 3.05) is 39.6 Å². The molecule has 16 nitrogen and oxygen atoms in total. The van der Waals surface area contributed by atoms with Gasteiger partial charge in [-0.25, -0.2) is 9.13 Å². The molecule has 0 aromatic carbocycles. The van der Waals surface area contributed by atoms with Crippen LogP contribution in [0.15, 0.2) is 48.6 Å². The molecule has 0 aliphatic carbocycles. The molecule has 0 bridgehead atoms. The van der Waals surface area contributed by atoms with Crippen LogP contribution in [0.1, 0.15) is 278 Å². The van der Waals surface area contributed by atoms with Gasteiger partial charge in [0.1, 0.15) is 25.4 Å². The number of esters is 3. The lowest BCUT2D eigenvalue weighted by molar-refractivity contribution is -0.161. The number of hydrogen-bond acceptors (Lipinski definition) is 14. The fourth-order valence-corrected chi connectivity index (χ4v) is 10.2. The molecule has 0 aliphatic heterocycles. The van der Waals surface area contributed by atoms with Gasteiger partial charge < -0.3 is 34.2 Å². The molecule has 4 N–H and O–H groups in total. The lowest BCUT2D eigenvalue weighted by Gasteiger charge is -2.21. The van der Waals surface area contributed by atoms with Gasteiger partial charge in [-0.2, -0.15) is 0 Å². The summed E-state index contributed by atoms with van der Waals surface area (Å²) < 4.78 is 60.7. The summed E-state index contributed by atoms with van der Waals surface area (Å²) in [6.45, 7) is 2.55. The molecule has 0 spiro atoms. The Morgan fingerprint density at radius 2 is 0.654 bits per heavy atom. The second kappa shape index (κ2) is 57.9. The smallest absolute Gasteiger partial charge is 0.463 e. The number of carbonyl (C=O) groups is 3. The molecule has 0 rings (SSSR count). The van der Waals surface area contributed by atoms with Gasteiger partial charge in [0.2, 0.25) is 0 Å². The number of ether oxygens (including phenoxy) is 3. The summed E-state index contributed by atoms with van der Waals surface area (Å²) >= 11 is 0. The number of hydrogen-bond donors (Lipinski definition) is 4. The Kier molecular flexibility index (Phi) is 56.1. The number of unbranched alkanes of at least 4 members (excludes halogenated alkanes) is 30. The number of phosphoric ester groups is 2. The van der Waals surface area contributed by atoms with Gasteiger partial charge in [-0.1, -0.05) is 230 Å². The van der Waals surface area contributed by atoms with E-state index in [1.54, 1.807) is 0 Å². The van der Waals surface area contributed by atoms with Crippen LogP contribution in [0.5, 0.6) is 0 Å². The summed E-state index contributed by atoms with van der Waals surface area (Å²) in [6.07, 6.45) is 54.5. The summed E-state index contributed by atoms with van der Waals surface area (Å²) in [6, 6.07) is 0. The fourth-order valence-electron chi connectivity index (χ4n) is 8.64. The Morgan fingerprint density at radius 3 is 1.05 bits per heavy atom. The minimum atomic E-state index is -4.91. The van der Waals surface area contributed by atoms with E-state index in [0.29, 0.717) is 19.3 Å². The zero-order chi connectivity index (χ0) is 59.6. The molecular weight excluding hydrogens is 1070 g/mol. The van der Waals surface area contributed by atoms with Crippen molar-refractivity contribution in [2.24, 2.45) is 0 Å². The maximum Gasteiger partial charge on any atom is 0.472 e. The lowest BCUT2D eigenvalue weighted by Crippen LogP contribution is -2.30. The summed E-state index contributed by atoms with van der Waals surface area (Å²) in [4.78, 5) is 58.2. The number of carbonyl (C=O) groups excluding carboxylic acids is 3. The highest BCUT2D eigenvalue weighted by molar-refractivity contribution is 7.47. The minimum Gasteiger partial charge on any atom is -0.463 e. The molecule has 0 saturated carbocycles. The maximum absolute atomic E-state index is 12.9. The highest BCUT2D eigenvalue weighted by Crippen LogP contribution is 2.45. The molecule has 0 amide bonds. The van der Waals surface area contributed by atoms with Gasteiger partial charge >= 0.3 is 33.6 Å². The Hall–Kier alpha value is -2.49. The Morgan fingerprint density at radius 1 is 0.358 bits per heavy atom. The van der Waals surface area contributed by atoms with E-state index in [1.807, 2.05) is 0 Å². The van der Waals surface area contributed by atoms with E-state index in [0.717, 1.165) is 128 Å². The zero-order valence-corrected chi connectivity index (χ0v) is 52.7. The predicted octanol–water partition coefficient (Wildman–Crippen LogP) is 16.9. The van der Waals surface area contributed by atoms with Crippen molar-refractivity contribution >= 4 is 33.6 Å². The molecule has 0 heterocycles. The van der Waals surface area contributed by atoms with Gasteiger partial charge in [0, 0.05) is 19.3 Å². The first-order chi connectivity index (χ1) is 39.2. The second-order valence-corrected chi connectivity index (χ2v) is 24.4. The molecule has 0 aliphatic rings. The van der Waals surface area contributed by atoms with Crippen LogP contribution in [0.2, 0.25) is 0 Å². The molecule has 0 aromatic heterocycles. The third-order valence-corrected chi connectivity index (χ3v) is 15.4. The third-order valence-electron chi connectivity index (χ3n) is 13.5. The summed E-state index contributed by atoms with van der Waals surface area (Å²) in [5.41, 5.74) is 0. The van der Waals surface area contributed by atoms with Crippen molar-refractivity contribution in [1.29, 1.82) is 0 Å². The maximum atomic E-state index is 12.9. The third kappa shape index (κ3) is 59.1. The van der Waals surface area contributed by atoms with Gasteiger partial charge in [0.15, 0.2) is 6.10 Å². The fraction of sp³-hybridized carbons (Fsp3) is 0.825. The normalized spacial score (nSPS) is 14.7. The van der Waals surface area contributed by atoms with Crippen LogP contribution in [0.25, 0.3) is 0 Å². The first-order valence-electron chi connectivity index (χ1n) is 31.9. The molecular formula is C63H116O16P2. The number of allylic oxidation sites excluding steroid dienone is 8. The minimum absolute atomic E-state index is 0.109. The Balaban J connectivity index is 4.65. The Bertz CT molecular complexity index is 1690. The van der Waals surface area contributed by atoms with Gasteiger partial charge in [-0.3, -0.25) is 32.5 Å². The van der Waals surface area contributed by atoms with Gasteiger partial charge in [0.05, 0.1) is 26.4 Å². The first kappa shape index (κ1) is 78.5. The van der Waals surface area contributed by atoms with Crippen LogP contribution in [0.4, 0.5) is 0 Å². The van der Waals surface area contributed by atoms with E-state index < -0.39 is 91.5 Å². The van der Waals surface area contributed by atoms with E-state index in [1.165, 1.54) is 89.9 Å². The standard InChI is InChI=1S/C63H116O16P2/c1-4-7-10-13-16-19-22-25-27-28-30-33-34-37-40-43-46-49-61(66)73-52-58(64)53-75-80(69,70)76-54-59(65)55-77-81(71,72)78-57-60(79-63(68)51-48-45-42-39-36-31-24-21-18-15-12-9-6-3)56-74-62(67)50-47-44-41-38-35-32-29-26-23-20-17-14-11-8-5-2/h7,10,16,19,25-27,29,58-60,64-65H,4-6,8-9,11-15,17-18,20-24,28,30-57H2,1-3H3,(H,69,70)(H,71,72)/b10-7-,19-16-,27-25-,29-26-. The van der Waals surface area contributed by atoms with Crippen molar-refractivity contribution in [3.05, 3.63) is 48.6 Å². The number of aliphatic hydroxyl groups excluding tert-OH is 2. The molecule has 0 aromatic rings. The summed E-state index contributed by atoms with van der Waals surface area (Å²) in [5, 5.41) is 20.5. The highest BCUT2D eigenvalue weighted by atomic mass is 31.2. The predicted molar refractivity (Wildman–Crippen MR) is 326 cm³/mol. The Labute approximate surface area is 491 Å². The van der Waals surface area contributed by atoms with E-state index in [4.69, 9.17) is 32.3 Å².